The summed E-state index contributed by atoms with van der Waals surface area (Å²) in [6, 6.07) is -0.173. The van der Waals surface area contributed by atoms with Crippen LogP contribution in [0.15, 0.2) is 5.16 Å². The van der Waals surface area contributed by atoms with Crippen LogP contribution in [0.25, 0.3) is 0 Å². The monoisotopic (exact) mass is 291 g/mol. The summed E-state index contributed by atoms with van der Waals surface area (Å²) in [6.07, 6.45) is 1.20. The number of carbonyl (C=O) groups is 1. The standard InChI is InChI=1S/C11H21N3O4S/c1-3-11(2,9(12)14-16)10(15)13-8-4-6-19(17,18)7-5-8/h8,16H,3-7H2,1-2H3,(H2,12,14)(H,13,15). The van der Waals surface area contributed by atoms with Crippen molar-refractivity contribution >= 4 is 21.6 Å². The highest BCUT2D eigenvalue weighted by atomic mass is 32.2. The van der Waals surface area contributed by atoms with Crippen LogP contribution >= 0.6 is 0 Å². The SMILES string of the molecule is CCC(C)(C(=O)NC1CCS(=O)(=O)CC1)C(N)=NO. The fourth-order valence-electron chi connectivity index (χ4n) is 1.95. The van der Waals surface area contributed by atoms with E-state index in [0.717, 1.165) is 0 Å². The summed E-state index contributed by atoms with van der Waals surface area (Å²) in [5, 5.41) is 14.4. The molecule has 1 saturated heterocycles. The smallest absolute Gasteiger partial charge is 0.233 e. The largest absolute Gasteiger partial charge is 0.409 e. The molecule has 1 heterocycles. The molecule has 110 valence electrons. The number of nitrogens with two attached hydrogens (primary N) is 1. The van der Waals surface area contributed by atoms with Crippen LogP contribution in [-0.2, 0) is 14.6 Å². The van der Waals surface area contributed by atoms with E-state index in [1.807, 2.05) is 0 Å². The quantitative estimate of drug-likeness (QED) is 0.287. The van der Waals surface area contributed by atoms with Gasteiger partial charge in [-0.3, -0.25) is 4.79 Å². The minimum atomic E-state index is -2.95. The van der Waals surface area contributed by atoms with E-state index < -0.39 is 15.3 Å². The van der Waals surface area contributed by atoms with Crippen LogP contribution in [0.1, 0.15) is 33.1 Å². The fourth-order valence-corrected chi connectivity index (χ4v) is 3.44. The number of amidine groups is 1. The highest BCUT2D eigenvalue weighted by Gasteiger charge is 2.38. The Bertz CT molecular complexity index is 460. The van der Waals surface area contributed by atoms with Crippen LogP contribution in [0.3, 0.4) is 0 Å². The van der Waals surface area contributed by atoms with Gasteiger partial charge in [0.15, 0.2) is 5.84 Å². The van der Waals surface area contributed by atoms with Crippen LogP contribution in [0.4, 0.5) is 0 Å². The van der Waals surface area contributed by atoms with Gasteiger partial charge in [0.2, 0.25) is 5.91 Å². The van der Waals surface area contributed by atoms with Crippen LogP contribution in [0.5, 0.6) is 0 Å². The van der Waals surface area contributed by atoms with Gasteiger partial charge in [0.1, 0.15) is 15.3 Å². The Balaban J connectivity index is 2.70. The molecule has 19 heavy (non-hydrogen) atoms. The summed E-state index contributed by atoms with van der Waals surface area (Å²) in [4.78, 5) is 12.2. The molecule has 1 aliphatic heterocycles. The predicted octanol–water partition coefficient (Wildman–Crippen LogP) is -0.157. The molecule has 7 nitrogen and oxygen atoms in total. The first-order valence-electron chi connectivity index (χ1n) is 6.24. The Labute approximate surface area is 113 Å². The second-order valence-corrected chi connectivity index (χ2v) is 7.37. The van der Waals surface area contributed by atoms with E-state index in [1.165, 1.54) is 0 Å². The molecule has 1 fully saturated rings. The zero-order chi connectivity index (χ0) is 14.7. The van der Waals surface area contributed by atoms with Crippen molar-refractivity contribution in [3.63, 3.8) is 0 Å². The van der Waals surface area contributed by atoms with Gasteiger partial charge in [-0.15, -0.1) is 0 Å². The third-order valence-electron chi connectivity index (χ3n) is 3.77. The number of oxime groups is 1. The molecule has 0 bridgehead atoms. The molecule has 0 aromatic rings. The first kappa shape index (κ1) is 15.7. The van der Waals surface area contributed by atoms with Crippen LogP contribution < -0.4 is 11.1 Å². The van der Waals surface area contributed by atoms with Crippen molar-refractivity contribution < 1.29 is 18.4 Å². The minimum Gasteiger partial charge on any atom is -0.409 e. The minimum absolute atomic E-state index is 0.0877. The van der Waals surface area contributed by atoms with Crippen molar-refractivity contribution in [3.8, 4) is 0 Å². The van der Waals surface area contributed by atoms with Crippen LogP contribution in [0.2, 0.25) is 0 Å². The molecule has 0 saturated carbocycles. The van der Waals surface area contributed by atoms with Gasteiger partial charge in [0.25, 0.3) is 0 Å². The van der Waals surface area contributed by atoms with Crippen molar-refractivity contribution in [2.24, 2.45) is 16.3 Å². The molecule has 1 atom stereocenters. The molecule has 0 radical (unpaired) electrons. The van der Waals surface area contributed by atoms with Gasteiger partial charge in [0, 0.05) is 6.04 Å². The molecule has 0 aromatic carbocycles. The number of hydrogen-bond acceptors (Lipinski definition) is 5. The Kier molecular flexibility index (Phi) is 4.78. The van der Waals surface area contributed by atoms with Gasteiger partial charge < -0.3 is 16.3 Å². The number of nitrogens with zero attached hydrogens (tertiary/aromatic N) is 1. The maximum Gasteiger partial charge on any atom is 0.233 e. The van der Waals surface area contributed by atoms with E-state index in [2.05, 4.69) is 10.5 Å². The van der Waals surface area contributed by atoms with Crippen LogP contribution in [0, 0.1) is 5.41 Å². The summed E-state index contributed by atoms with van der Waals surface area (Å²) in [5.74, 6) is -0.306. The molecule has 0 spiro atoms. The van der Waals surface area contributed by atoms with E-state index in [-0.39, 0.29) is 29.3 Å². The first-order chi connectivity index (χ1) is 8.75. The summed E-state index contributed by atoms with van der Waals surface area (Å²) in [5.41, 5.74) is 4.48. The van der Waals surface area contributed by atoms with Crippen molar-refractivity contribution in [2.45, 2.75) is 39.2 Å². The second kappa shape index (κ2) is 5.77. The lowest BCUT2D eigenvalue weighted by atomic mass is 9.84. The molecule has 4 N–H and O–H groups in total. The maximum absolute atomic E-state index is 12.2. The average molecular weight is 291 g/mol. The molecule has 1 amide bonds. The average Bonchev–Trinajstić information content (AvgIpc) is 2.39. The molecular formula is C11H21N3O4S. The maximum atomic E-state index is 12.2. The zero-order valence-corrected chi connectivity index (χ0v) is 12.0. The molecule has 0 aromatic heterocycles. The molecule has 1 aliphatic rings. The van der Waals surface area contributed by atoms with E-state index in [0.29, 0.717) is 19.3 Å². The highest BCUT2D eigenvalue weighted by Crippen LogP contribution is 2.23. The molecular weight excluding hydrogens is 270 g/mol. The second-order valence-electron chi connectivity index (χ2n) is 5.07. The van der Waals surface area contributed by atoms with Gasteiger partial charge in [-0.05, 0) is 26.2 Å². The van der Waals surface area contributed by atoms with E-state index >= 15 is 0 Å². The lowest BCUT2D eigenvalue weighted by Crippen LogP contribution is -2.51. The number of carbonyl (C=O) groups excluding carboxylic acids is 1. The van der Waals surface area contributed by atoms with Crippen molar-refractivity contribution in [1.82, 2.24) is 5.32 Å². The third-order valence-corrected chi connectivity index (χ3v) is 5.49. The lowest BCUT2D eigenvalue weighted by molar-refractivity contribution is -0.128. The number of rotatable bonds is 4. The Hall–Kier alpha value is -1.31. The molecule has 0 aliphatic carbocycles. The number of nitrogens with one attached hydrogen (secondary N) is 1. The van der Waals surface area contributed by atoms with Crippen molar-refractivity contribution in [2.75, 3.05) is 11.5 Å². The van der Waals surface area contributed by atoms with Gasteiger partial charge in [-0.1, -0.05) is 12.1 Å². The highest BCUT2D eigenvalue weighted by molar-refractivity contribution is 7.91. The first-order valence-corrected chi connectivity index (χ1v) is 8.06. The predicted molar refractivity (Wildman–Crippen MR) is 71.6 cm³/mol. The van der Waals surface area contributed by atoms with E-state index in [1.54, 1.807) is 13.8 Å². The molecule has 8 heteroatoms. The lowest BCUT2D eigenvalue weighted by Gasteiger charge is -2.30. The molecule has 1 rings (SSSR count). The number of hydrogen-bond donors (Lipinski definition) is 3. The Morgan fingerprint density at radius 1 is 1.47 bits per heavy atom. The topological polar surface area (TPSA) is 122 Å². The number of sulfone groups is 1. The third kappa shape index (κ3) is 3.59. The molecule has 1 unspecified atom stereocenters. The van der Waals surface area contributed by atoms with Gasteiger partial charge in [-0.2, -0.15) is 0 Å². The Morgan fingerprint density at radius 2 is 2.00 bits per heavy atom. The summed E-state index contributed by atoms with van der Waals surface area (Å²) in [6.45, 7) is 3.36. The van der Waals surface area contributed by atoms with Crippen molar-refractivity contribution in [3.05, 3.63) is 0 Å². The summed E-state index contributed by atoms with van der Waals surface area (Å²) >= 11 is 0. The van der Waals surface area contributed by atoms with Crippen LogP contribution in [-0.4, -0.2) is 42.9 Å². The zero-order valence-electron chi connectivity index (χ0n) is 11.2. The fraction of sp³-hybridized carbons (Fsp3) is 0.818. The Morgan fingerprint density at radius 3 is 2.42 bits per heavy atom. The van der Waals surface area contributed by atoms with Crippen molar-refractivity contribution in [1.29, 1.82) is 0 Å². The van der Waals surface area contributed by atoms with Gasteiger partial charge >= 0.3 is 0 Å². The van der Waals surface area contributed by atoms with Gasteiger partial charge in [0.05, 0.1) is 11.5 Å². The normalized spacial score (nSPS) is 23.6. The summed E-state index contributed by atoms with van der Waals surface area (Å²) < 4.78 is 22.6. The van der Waals surface area contributed by atoms with E-state index in [9.17, 15) is 13.2 Å². The summed E-state index contributed by atoms with van der Waals surface area (Å²) in [7, 11) is -2.95. The number of amides is 1. The van der Waals surface area contributed by atoms with Gasteiger partial charge in [-0.25, -0.2) is 8.42 Å². The van der Waals surface area contributed by atoms with E-state index in [4.69, 9.17) is 10.9 Å².